The van der Waals surface area contributed by atoms with Crippen LogP contribution in [0.4, 0.5) is 10.5 Å². The average molecular weight is 441 g/mol. The number of hydrogen-bond acceptors (Lipinski definition) is 5. The van der Waals surface area contributed by atoms with Crippen LogP contribution in [0.25, 0.3) is 5.69 Å². The first kappa shape index (κ1) is 21.0. The van der Waals surface area contributed by atoms with Gasteiger partial charge in [-0.3, -0.25) is 4.31 Å². The van der Waals surface area contributed by atoms with Gasteiger partial charge in [0.1, 0.15) is 5.75 Å². The van der Waals surface area contributed by atoms with Crippen LogP contribution < -0.4 is 9.04 Å². The van der Waals surface area contributed by atoms with Crippen molar-refractivity contribution in [1.29, 1.82) is 0 Å². The fraction of sp³-hybridized carbons (Fsp3) is 0.261. The van der Waals surface area contributed by atoms with Crippen molar-refractivity contribution in [2.45, 2.75) is 38.1 Å². The smallest absolute Gasteiger partial charge is 0.434 e. The van der Waals surface area contributed by atoms with Crippen molar-refractivity contribution in [2.75, 3.05) is 10.9 Å². The Labute approximate surface area is 181 Å². The number of fused-ring (bicyclic) bond motifs is 3. The fourth-order valence-corrected chi connectivity index (χ4v) is 5.76. The first-order chi connectivity index (χ1) is 14.9. The molecule has 7 nitrogen and oxygen atoms in total. The van der Waals surface area contributed by atoms with Gasteiger partial charge in [-0.1, -0.05) is 19.1 Å². The molecule has 3 aromatic rings. The molecule has 0 bridgehead atoms. The first-order valence-corrected chi connectivity index (χ1v) is 11.6. The van der Waals surface area contributed by atoms with Crippen molar-refractivity contribution >= 4 is 21.9 Å². The minimum atomic E-state index is -3.89. The molecule has 0 saturated heterocycles. The zero-order valence-electron chi connectivity index (χ0n) is 17.6. The maximum Gasteiger partial charge on any atom is 0.513 e. The topological polar surface area (TPSA) is 77.8 Å². The number of hydrogen-bond donors (Lipinski definition) is 0. The highest BCUT2D eigenvalue weighted by Crippen LogP contribution is 2.45. The SMILES string of the molecule is CCOC(=O)Oc1ccc(S(=O)(=O)N2c3c(C)cccc3-n3cccc3C2CC)cc1. The molecule has 0 radical (unpaired) electrons. The van der Waals surface area contributed by atoms with Crippen molar-refractivity contribution in [3.05, 3.63) is 72.1 Å². The Balaban J connectivity index is 1.78. The van der Waals surface area contributed by atoms with Gasteiger partial charge < -0.3 is 14.0 Å². The normalized spacial score (nSPS) is 15.2. The van der Waals surface area contributed by atoms with Crippen molar-refractivity contribution in [2.24, 2.45) is 0 Å². The van der Waals surface area contributed by atoms with Crippen LogP contribution in [0.2, 0.25) is 0 Å². The Hall–Kier alpha value is -3.26. The molecular formula is C23H24N2O5S. The third-order valence-corrected chi connectivity index (χ3v) is 7.15. The van der Waals surface area contributed by atoms with Crippen LogP contribution in [-0.4, -0.2) is 25.7 Å². The summed E-state index contributed by atoms with van der Waals surface area (Å²) in [5.41, 5.74) is 3.30. The molecule has 2 aromatic carbocycles. The van der Waals surface area contributed by atoms with E-state index >= 15 is 0 Å². The molecule has 162 valence electrons. The highest BCUT2D eigenvalue weighted by Gasteiger charge is 2.39. The van der Waals surface area contributed by atoms with E-state index in [1.807, 2.05) is 50.4 Å². The summed E-state index contributed by atoms with van der Waals surface area (Å²) >= 11 is 0. The summed E-state index contributed by atoms with van der Waals surface area (Å²) in [6, 6.07) is 15.1. The minimum absolute atomic E-state index is 0.122. The van der Waals surface area contributed by atoms with Crippen LogP contribution in [0, 0.1) is 6.92 Å². The van der Waals surface area contributed by atoms with E-state index in [1.54, 1.807) is 6.92 Å². The number of ether oxygens (including phenoxy) is 2. The van der Waals surface area contributed by atoms with E-state index in [0.717, 1.165) is 16.9 Å². The van der Waals surface area contributed by atoms with E-state index in [1.165, 1.54) is 28.6 Å². The van der Waals surface area contributed by atoms with Crippen LogP contribution in [-0.2, 0) is 14.8 Å². The van der Waals surface area contributed by atoms with E-state index < -0.39 is 16.2 Å². The van der Waals surface area contributed by atoms with Gasteiger partial charge in [0.05, 0.1) is 28.9 Å². The lowest BCUT2D eigenvalue weighted by atomic mass is 10.0. The molecule has 0 aliphatic carbocycles. The number of carbonyl (C=O) groups is 1. The third kappa shape index (κ3) is 3.57. The average Bonchev–Trinajstić information content (AvgIpc) is 3.23. The standard InChI is InChI=1S/C23H24N2O5S/c1-4-19-20-10-7-15-24(20)21-9-6-8-16(3)22(21)25(19)31(27,28)18-13-11-17(12-14-18)30-23(26)29-5-2/h6-15,19H,4-5H2,1-3H3. The Bertz CT molecular complexity index is 1220. The van der Waals surface area contributed by atoms with Crippen molar-refractivity contribution in [1.82, 2.24) is 4.57 Å². The van der Waals surface area contributed by atoms with Crippen molar-refractivity contribution in [3.8, 4) is 11.4 Å². The number of carbonyl (C=O) groups excluding carboxylic acids is 1. The summed E-state index contributed by atoms with van der Waals surface area (Å²) in [6.07, 6.45) is 1.74. The van der Waals surface area contributed by atoms with Crippen LogP contribution in [0.15, 0.2) is 65.7 Å². The molecule has 2 heterocycles. The van der Waals surface area contributed by atoms with Gasteiger partial charge >= 0.3 is 6.16 Å². The highest BCUT2D eigenvalue weighted by atomic mass is 32.2. The van der Waals surface area contributed by atoms with Crippen LogP contribution in [0.5, 0.6) is 5.75 Å². The lowest BCUT2D eigenvalue weighted by Gasteiger charge is -2.39. The van der Waals surface area contributed by atoms with Crippen molar-refractivity contribution in [3.63, 3.8) is 0 Å². The Morgan fingerprint density at radius 1 is 1.03 bits per heavy atom. The maximum atomic E-state index is 13.8. The molecular weight excluding hydrogens is 416 g/mol. The van der Waals surface area contributed by atoms with Gasteiger partial charge in [-0.25, -0.2) is 13.2 Å². The van der Waals surface area contributed by atoms with Gasteiger partial charge in [0.25, 0.3) is 10.0 Å². The molecule has 8 heteroatoms. The van der Waals surface area contributed by atoms with Crippen molar-refractivity contribution < 1.29 is 22.7 Å². The largest absolute Gasteiger partial charge is 0.513 e. The number of aromatic nitrogens is 1. The number of benzene rings is 2. The molecule has 0 fully saturated rings. The number of anilines is 1. The Morgan fingerprint density at radius 2 is 1.77 bits per heavy atom. The summed E-state index contributed by atoms with van der Waals surface area (Å²) in [6.45, 7) is 5.76. The number of aryl methyl sites for hydroxylation is 1. The van der Waals surface area contributed by atoms with Gasteiger partial charge in [-0.2, -0.15) is 0 Å². The van der Waals surface area contributed by atoms with Gasteiger partial charge in [0, 0.05) is 11.9 Å². The fourth-order valence-electron chi connectivity index (χ4n) is 3.99. The molecule has 0 amide bonds. The molecule has 0 saturated carbocycles. The molecule has 1 atom stereocenters. The van der Waals surface area contributed by atoms with Crippen LogP contribution >= 0.6 is 0 Å². The number of para-hydroxylation sites is 1. The predicted octanol–water partition coefficient (Wildman–Crippen LogP) is 4.98. The molecule has 31 heavy (non-hydrogen) atoms. The van der Waals surface area contributed by atoms with E-state index in [4.69, 9.17) is 9.47 Å². The quantitative estimate of drug-likeness (QED) is 0.413. The third-order valence-electron chi connectivity index (χ3n) is 5.33. The molecule has 1 unspecified atom stereocenters. The van der Waals surface area contributed by atoms with E-state index in [2.05, 4.69) is 4.57 Å². The molecule has 1 aromatic heterocycles. The van der Waals surface area contributed by atoms with Gasteiger partial charge in [0.15, 0.2) is 0 Å². The first-order valence-electron chi connectivity index (χ1n) is 10.1. The number of nitrogens with zero attached hydrogens (tertiary/aromatic N) is 2. The van der Waals surface area contributed by atoms with Gasteiger partial charge in [-0.05, 0) is 68.3 Å². The summed E-state index contributed by atoms with van der Waals surface area (Å²) in [4.78, 5) is 11.6. The Kier molecular flexibility index (Phi) is 5.49. The predicted molar refractivity (Wildman–Crippen MR) is 117 cm³/mol. The summed E-state index contributed by atoms with van der Waals surface area (Å²) in [5, 5.41) is 0. The highest BCUT2D eigenvalue weighted by molar-refractivity contribution is 7.92. The zero-order chi connectivity index (χ0) is 22.2. The molecule has 1 aliphatic heterocycles. The second-order valence-corrected chi connectivity index (χ2v) is 9.04. The molecule has 1 aliphatic rings. The van der Waals surface area contributed by atoms with Gasteiger partial charge in [-0.15, -0.1) is 0 Å². The molecule has 0 N–H and O–H groups in total. The van der Waals surface area contributed by atoms with Crippen LogP contribution in [0.3, 0.4) is 0 Å². The number of rotatable bonds is 5. The Morgan fingerprint density at radius 3 is 2.45 bits per heavy atom. The summed E-state index contributed by atoms with van der Waals surface area (Å²) in [5.74, 6) is 0.216. The van der Waals surface area contributed by atoms with Crippen LogP contribution in [0.1, 0.15) is 37.6 Å². The molecule has 0 spiro atoms. The summed E-state index contributed by atoms with van der Waals surface area (Å²) in [7, 11) is -3.89. The maximum absolute atomic E-state index is 13.8. The second-order valence-electron chi connectivity index (χ2n) is 7.23. The zero-order valence-corrected chi connectivity index (χ0v) is 18.4. The van der Waals surface area contributed by atoms with E-state index in [0.29, 0.717) is 12.1 Å². The summed E-state index contributed by atoms with van der Waals surface area (Å²) < 4.78 is 41.0. The second kappa shape index (κ2) is 8.11. The molecule has 4 rings (SSSR count). The van der Waals surface area contributed by atoms with E-state index in [9.17, 15) is 13.2 Å². The van der Waals surface area contributed by atoms with Gasteiger partial charge in [0.2, 0.25) is 0 Å². The lowest BCUT2D eigenvalue weighted by molar-refractivity contribution is 0.104. The number of sulfonamides is 1. The lowest BCUT2D eigenvalue weighted by Crippen LogP contribution is -2.39. The van der Waals surface area contributed by atoms with E-state index in [-0.39, 0.29) is 23.3 Å². The monoisotopic (exact) mass is 440 g/mol. The minimum Gasteiger partial charge on any atom is -0.434 e.